The van der Waals surface area contributed by atoms with E-state index in [0.29, 0.717) is 119 Å². The summed E-state index contributed by atoms with van der Waals surface area (Å²) in [5.74, 6) is -0.894. The molecule has 0 bridgehead atoms. The molecular weight excluding hydrogens is 1720 g/mol. The van der Waals surface area contributed by atoms with Crippen LogP contribution >= 0.6 is 91.8 Å². The van der Waals surface area contributed by atoms with Gasteiger partial charge in [0, 0.05) is 66.4 Å². The molecule has 4 aliphatic rings. The maximum Gasteiger partial charge on any atom is 1.00 e. The predicted octanol–water partition coefficient (Wildman–Crippen LogP) is 16.7. The van der Waals surface area contributed by atoms with E-state index in [2.05, 4.69) is 19.9 Å². The zero-order chi connectivity index (χ0) is 82.2. The van der Waals surface area contributed by atoms with Crippen molar-refractivity contribution in [3.05, 3.63) is 272 Å². The minimum atomic E-state index is -0.537. The number of aromatic hydroxyl groups is 6. The number of fused-ring (bicyclic) bond motifs is 8. The van der Waals surface area contributed by atoms with Crippen molar-refractivity contribution in [1.82, 2.24) is 19.9 Å². The van der Waals surface area contributed by atoms with E-state index in [-0.39, 0.29) is 160 Å². The van der Waals surface area contributed by atoms with E-state index < -0.39 is 22.5 Å². The van der Waals surface area contributed by atoms with Gasteiger partial charge in [-0.1, -0.05) is 209 Å². The Morgan fingerprint density at radius 1 is 0.325 bits per heavy atom. The van der Waals surface area contributed by atoms with Gasteiger partial charge in [0.2, 0.25) is 0 Å². The molecule has 16 nitrogen and oxygen atoms in total. The van der Waals surface area contributed by atoms with E-state index in [9.17, 15) is 64.4 Å². The minimum Gasteiger partial charge on any atom is -0.871 e. The summed E-state index contributed by atoms with van der Waals surface area (Å²) in [7, 11) is 0. The van der Waals surface area contributed by atoms with Crippen LogP contribution in [0.15, 0.2) is 177 Å². The molecule has 8 aromatic heterocycles. The number of hydrogen-bond donors (Lipinski definition) is 10. The Kier molecular flexibility index (Phi) is 26.0. The fourth-order valence-corrected chi connectivity index (χ4v) is 22.5. The van der Waals surface area contributed by atoms with E-state index in [1.807, 2.05) is 85.8 Å². The van der Waals surface area contributed by atoms with E-state index in [1.165, 1.54) is 29.5 Å². The summed E-state index contributed by atoms with van der Waals surface area (Å²) < 4.78 is 15.3. The number of pyridine rings is 4. The van der Waals surface area contributed by atoms with Crippen LogP contribution in [0.2, 0.25) is 17.3 Å². The first-order valence-electron chi connectivity index (χ1n) is 38.6. The number of rotatable bonds is 8. The van der Waals surface area contributed by atoms with Crippen LogP contribution in [0.25, 0.3) is 130 Å². The van der Waals surface area contributed by atoms with Gasteiger partial charge < -0.3 is 60.8 Å². The van der Waals surface area contributed by atoms with Gasteiger partial charge in [-0.25, -0.2) is 4.39 Å². The molecule has 16 aromatic rings. The molecule has 120 heavy (non-hydrogen) atoms. The number of thiophene rings is 4. The van der Waals surface area contributed by atoms with Crippen molar-refractivity contribution in [3.63, 3.8) is 0 Å². The Morgan fingerprint density at radius 3 is 0.925 bits per heavy atom. The summed E-state index contributed by atoms with van der Waals surface area (Å²) in [6.45, 7) is 1.96. The van der Waals surface area contributed by atoms with Gasteiger partial charge in [0.1, 0.15) is 77.0 Å². The molecule has 0 saturated carbocycles. The second-order valence-corrected chi connectivity index (χ2v) is 36.3. The zero-order valence-corrected chi connectivity index (χ0v) is 76.4. The van der Waals surface area contributed by atoms with Crippen molar-refractivity contribution < 1.29 is 126 Å². The molecule has 4 aliphatic carbocycles. The number of aromatic nitrogens is 4. The SMILES string of the molecule is Cc1ccc(-c2c(O)c3c(-c4ccc5c(c4O)CCCC5)c(Cl)sc3[nH]c2=O)cc1.O=c1[nH]c2sc(Cl)c(-c3ccc4c(c3O)CCCC4)c2c(O)c1-c1cccc(F)c1.O=c1[nH]c2sc(Cl)c(-c3ccc4c(c3O)CCCC4)c2c([O-])c1-c1ccccc1.O=c1[nH]c2sc(Cl)c(-c3ccc4c(c3O)CCCC4)c2c([O-])c1-c1ccccc1.[K+].[Na+]. The molecule has 0 unspecified atom stereocenters. The van der Waals surface area contributed by atoms with Gasteiger partial charge in [-0.15, -0.1) is 45.3 Å². The van der Waals surface area contributed by atoms with E-state index >= 15 is 0 Å². The summed E-state index contributed by atoms with van der Waals surface area (Å²) in [6, 6.07) is 46.1. The first kappa shape index (κ1) is 86.5. The Balaban J connectivity index is 0.000000124. The average molecular weight is 1790 g/mol. The standard InChI is InChI=1S/C24H20ClNO3S.C23H17ClFNO3S.2C23H18ClNO3S.K.Na/c1-12-6-8-14(9-7-12)17-21(28)19-18(22(25)30-24(19)26-23(17)29)16-11-10-13-4-2-3-5-15(13)20(16)27;24-21-17(15-9-8-11-4-1-2-7-14(11)19(15)27)18-20(28)16(22(29)26-23(18)30-21)12-5-3-6-13(25)10-12;2*24-21-17(15-11-10-12-6-4-5-9-14(12)19(15)26)18-20(27)16(13-7-2-1-3-8-13)22(28)25-23(18)29-21;;/h6-11,27H,2-5H2,1H3,(H2,26,28,29);3,5-6,8-10,27H,1-2,4,7H2,(H2,26,28,29);2*1-3,7-8,10-11,26H,4-6,9H2,(H2,25,27,28);;/q;;;;2*+1/p-2. The Labute approximate surface area is 786 Å². The largest absolute Gasteiger partial charge is 1.00 e. The molecule has 8 aromatic carbocycles. The van der Waals surface area contributed by atoms with E-state index in [0.717, 1.165) is 187 Å². The Morgan fingerprint density at radius 2 is 0.600 bits per heavy atom. The van der Waals surface area contributed by atoms with Crippen molar-refractivity contribution in [2.24, 2.45) is 0 Å². The Bertz CT molecular complexity index is 6820. The first-order valence-corrected chi connectivity index (χ1v) is 43.4. The van der Waals surface area contributed by atoms with Crippen LogP contribution in [0.3, 0.4) is 0 Å². The summed E-state index contributed by atoms with van der Waals surface area (Å²) in [5.41, 5.74) is 14.2. The molecule has 20 rings (SSSR count). The van der Waals surface area contributed by atoms with Gasteiger partial charge in [0.15, 0.2) is 0 Å². The number of phenols is 4. The summed E-state index contributed by atoms with van der Waals surface area (Å²) in [5, 5.41) is 94.6. The fourth-order valence-electron chi connectivity index (χ4n) is 17.1. The number of hydrogen-bond acceptors (Lipinski definition) is 16. The van der Waals surface area contributed by atoms with Gasteiger partial charge in [-0.2, -0.15) is 0 Å². The monoisotopic (exact) mass is 1780 g/mol. The molecule has 0 fully saturated rings. The number of H-pyrrole nitrogens is 4. The third-order valence-electron chi connectivity index (χ3n) is 22.8. The number of aromatic amines is 4. The fraction of sp³-hybridized carbons (Fsp3) is 0.183. The third-order valence-corrected chi connectivity index (χ3v) is 28.1. The molecule has 0 radical (unpaired) electrons. The molecule has 27 heteroatoms. The smallest absolute Gasteiger partial charge is 0.871 e. The maximum absolute atomic E-state index is 13.7. The molecule has 0 amide bonds. The van der Waals surface area contributed by atoms with Crippen molar-refractivity contribution in [3.8, 4) is 135 Å². The topological polar surface area (TPSA) is 299 Å². The van der Waals surface area contributed by atoms with Crippen LogP contribution in [-0.2, 0) is 51.4 Å². The van der Waals surface area contributed by atoms with Crippen molar-refractivity contribution >= 4 is 133 Å². The van der Waals surface area contributed by atoms with Crippen LogP contribution in [-0.4, -0.2) is 50.6 Å². The van der Waals surface area contributed by atoms with E-state index in [4.69, 9.17) is 46.4 Å². The number of phenolic OH excluding ortho intramolecular Hbond substituents is 4. The molecule has 10 N–H and O–H groups in total. The quantitative estimate of drug-likeness (QED) is 0.0635. The van der Waals surface area contributed by atoms with Crippen molar-refractivity contribution in [1.29, 1.82) is 0 Å². The zero-order valence-electron chi connectivity index (χ0n) is 65.0. The van der Waals surface area contributed by atoms with Crippen LogP contribution in [0, 0.1) is 12.7 Å². The summed E-state index contributed by atoms with van der Waals surface area (Å²) in [6.07, 6.45) is 15.5. The predicted molar refractivity (Wildman–Crippen MR) is 473 cm³/mol. The minimum absolute atomic E-state index is 0. The number of benzene rings is 8. The molecule has 0 aliphatic heterocycles. The molecule has 0 saturated heterocycles. The second kappa shape index (κ2) is 36.1. The van der Waals surface area contributed by atoms with Crippen LogP contribution in [0.4, 0.5) is 4.39 Å². The van der Waals surface area contributed by atoms with Crippen LogP contribution < -0.4 is 113 Å². The van der Waals surface area contributed by atoms with Gasteiger partial charge in [-0.3, -0.25) is 19.2 Å². The molecule has 0 spiro atoms. The summed E-state index contributed by atoms with van der Waals surface area (Å²) in [4.78, 5) is 63.6. The second-order valence-electron chi connectivity index (χ2n) is 29.8. The number of halogens is 5. The van der Waals surface area contributed by atoms with Crippen LogP contribution in [0.1, 0.15) is 101 Å². The normalized spacial score (nSPS) is 13.3. The number of nitrogens with one attached hydrogen (secondary N) is 4. The summed E-state index contributed by atoms with van der Waals surface area (Å²) >= 11 is 30.8. The maximum atomic E-state index is 13.7. The van der Waals surface area contributed by atoms with Gasteiger partial charge in [0.25, 0.3) is 22.2 Å². The third kappa shape index (κ3) is 16.0. The molecule has 596 valence electrons. The van der Waals surface area contributed by atoms with Gasteiger partial charge >= 0.3 is 80.9 Å². The average Bonchev–Trinajstić information content (AvgIpc) is 1.50. The van der Waals surface area contributed by atoms with Gasteiger partial charge in [-0.05, 0) is 189 Å². The number of aryl methyl sites for hydroxylation is 5. The van der Waals surface area contributed by atoms with Gasteiger partial charge in [0.05, 0.1) is 21.9 Å². The van der Waals surface area contributed by atoms with Crippen molar-refractivity contribution in [2.45, 2.75) is 110 Å². The molecule has 0 atom stereocenters. The first-order chi connectivity index (χ1) is 57.0. The van der Waals surface area contributed by atoms with Crippen molar-refractivity contribution in [2.75, 3.05) is 0 Å². The van der Waals surface area contributed by atoms with E-state index in [1.54, 1.807) is 60.7 Å². The Hall–Kier alpha value is -8.47. The molecular formula is C93H71Cl4FKN4NaO12S4. The van der Waals surface area contributed by atoms with Crippen LogP contribution in [0.5, 0.6) is 46.0 Å². The molecule has 8 heterocycles.